The highest BCUT2D eigenvalue weighted by Gasteiger charge is 2.25. The predicted octanol–water partition coefficient (Wildman–Crippen LogP) is 2.88. The Balaban J connectivity index is 0.00000264. The van der Waals surface area contributed by atoms with Gasteiger partial charge in [-0.1, -0.05) is 43.7 Å². The number of likely N-dealkylation sites (tertiary alicyclic amines) is 1. The van der Waals surface area contributed by atoms with Crippen LogP contribution in [0.25, 0.3) is 0 Å². The molecule has 1 heterocycles. The normalized spacial score (nSPS) is 18.7. The van der Waals surface area contributed by atoms with Crippen molar-refractivity contribution in [2.45, 2.75) is 57.7 Å². The minimum Gasteiger partial charge on any atom is -0.352 e. The molecule has 2 rings (SSSR count). The van der Waals surface area contributed by atoms with Crippen molar-refractivity contribution in [2.24, 2.45) is 5.73 Å². The molecule has 0 saturated carbocycles. The van der Waals surface area contributed by atoms with Crippen LogP contribution in [0.15, 0.2) is 30.3 Å². The fraction of sp³-hybridized carbons (Fsp3) is 0.611. The third kappa shape index (κ3) is 5.79. The molecule has 1 aromatic rings. The number of nitrogens with one attached hydrogen (secondary N) is 1. The van der Waals surface area contributed by atoms with Gasteiger partial charge in [0.25, 0.3) is 0 Å². The molecule has 1 amide bonds. The summed E-state index contributed by atoms with van der Waals surface area (Å²) in [7, 11) is 0. The Morgan fingerprint density at radius 1 is 1.30 bits per heavy atom. The van der Waals surface area contributed by atoms with Gasteiger partial charge in [0.05, 0.1) is 6.04 Å². The van der Waals surface area contributed by atoms with Gasteiger partial charge in [0.2, 0.25) is 5.91 Å². The van der Waals surface area contributed by atoms with E-state index in [4.69, 9.17) is 5.73 Å². The van der Waals surface area contributed by atoms with Crippen LogP contribution in [0, 0.1) is 0 Å². The lowest BCUT2D eigenvalue weighted by atomic mass is 9.99. The molecule has 1 saturated heterocycles. The number of piperidine rings is 1. The van der Waals surface area contributed by atoms with Crippen molar-refractivity contribution < 1.29 is 4.79 Å². The lowest BCUT2D eigenvalue weighted by Gasteiger charge is -2.36. The number of carbonyl (C=O) groups excluding carboxylic acids is 1. The van der Waals surface area contributed by atoms with Crippen LogP contribution in [0.1, 0.15) is 51.1 Å². The van der Waals surface area contributed by atoms with Crippen LogP contribution >= 0.6 is 12.4 Å². The van der Waals surface area contributed by atoms with Gasteiger partial charge in [0, 0.05) is 25.2 Å². The third-order valence-corrected chi connectivity index (χ3v) is 4.64. The number of hydrogen-bond acceptors (Lipinski definition) is 3. The topological polar surface area (TPSA) is 58.4 Å². The highest BCUT2D eigenvalue weighted by atomic mass is 35.5. The summed E-state index contributed by atoms with van der Waals surface area (Å²) in [6.45, 7) is 6.34. The summed E-state index contributed by atoms with van der Waals surface area (Å²) in [6, 6.07) is 10.9. The molecule has 0 radical (unpaired) electrons. The van der Waals surface area contributed by atoms with Crippen molar-refractivity contribution in [1.29, 1.82) is 0 Å². The molecule has 0 aliphatic carbocycles. The molecule has 1 aliphatic rings. The van der Waals surface area contributed by atoms with Crippen LogP contribution in [0.2, 0.25) is 0 Å². The standard InChI is InChI=1S/C18H29N3O.ClH/c1-3-7-17(19)18(22)20-16-10-12-21(13-11-16)14(2)15-8-5-4-6-9-15;/h4-6,8-9,14,16-17H,3,7,10-13,19H2,1-2H3,(H,20,22);1H. The summed E-state index contributed by atoms with van der Waals surface area (Å²) < 4.78 is 0. The summed E-state index contributed by atoms with van der Waals surface area (Å²) >= 11 is 0. The zero-order valence-corrected chi connectivity index (χ0v) is 15.0. The van der Waals surface area contributed by atoms with Gasteiger partial charge in [-0.15, -0.1) is 12.4 Å². The van der Waals surface area contributed by atoms with Gasteiger partial charge in [0.1, 0.15) is 0 Å². The molecule has 23 heavy (non-hydrogen) atoms. The number of benzene rings is 1. The highest BCUT2D eigenvalue weighted by molar-refractivity contribution is 5.85. The highest BCUT2D eigenvalue weighted by Crippen LogP contribution is 2.24. The predicted molar refractivity (Wildman–Crippen MR) is 97.7 cm³/mol. The first-order valence-electron chi connectivity index (χ1n) is 8.46. The van der Waals surface area contributed by atoms with Crippen molar-refractivity contribution in [1.82, 2.24) is 10.2 Å². The van der Waals surface area contributed by atoms with Gasteiger partial charge in [0.15, 0.2) is 0 Å². The van der Waals surface area contributed by atoms with Crippen LogP contribution < -0.4 is 11.1 Å². The van der Waals surface area contributed by atoms with E-state index in [0.29, 0.717) is 6.04 Å². The van der Waals surface area contributed by atoms with Crippen molar-refractivity contribution in [3.05, 3.63) is 35.9 Å². The van der Waals surface area contributed by atoms with Crippen molar-refractivity contribution >= 4 is 18.3 Å². The largest absolute Gasteiger partial charge is 0.352 e. The molecule has 4 nitrogen and oxygen atoms in total. The molecule has 0 spiro atoms. The third-order valence-electron chi connectivity index (χ3n) is 4.64. The summed E-state index contributed by atoms with van der Waals surface area (Å²) in [6.07, 6.45) is 3.71. The summed E-state index contributed by atoms with van der Waals surface area (Å²) in [4.78, 5) is 14.5. The first-order chi connectivity index (χ1) is 10.6. The molecule has 2 unspecified atom stereocenters. The van der Waals surface area contributed by atoms with Gasteiger partial charge >= 0.3 is 0 Å². The maximum absolute atomic E-state index is 12.0. The van der Waals surface area contributed by atoms with E-state index in [9.17, 15) is 4.79 Å². The number of amides is 1. The molecule has 0 bridgehead atoms. The van der Waals surface area contributed by atoms with E-state index < -0.39 is 0 Å². The SMILES string of the molecule is CCCC(N)C(=O)NC1CCN(C(C)c2ccccc2)CC1.Cl. The quantitative estimate of drug-likeness (QED) is 0.837. The Bertz CT molecular complexity index is 461. The van der Waals surface area contributed by atoms with Crippen molar-refractivity contribution in [3.8, 4) is 0 Å². The smallest absolute Gasteiger partial charge is 0.237 e. The molecule has 1 aliphatic heterocycles. The average molecular weight is 340 g/mol. The van der Waals surface area contributed by atoms with Crippen LogP contribution in [-0.4, -0.2) is 36.0 Å². The molecule has 5 heteroatoms. The van der Waals surface area contributed by atoms with E-state index in [1.807, 2.05) is 0 Å². The van der Waals surface area contributed by atoms with Gasteiger partial charge in [-0.2, -0.15) is 0 Å². The molecule has 1 aromatic carbocycles. The minimum absolute atomic E-state index is 0. The van der Waals surface area contributed by atoms with E-state index in [2.05, 4.69) is 54.4 Å². The summed E-state index contributed by atoms with van der Waals surface area (Å²) in [5, 5.41) is 3.11. The minimum atomic E-state index is -0.355. The van der Waals surface area contributed by atoms with Crippen LogP contribution in [0.3, 0.4) is 0 Å². The van der Waals surface area contributed by atoms with Crippen LogP contribution in [0.5, 0.6) is 0 Å². The number of nitrogens with zero attached hydrogens (tertiary/aromatic N) is 1. The Hall–Kier alpha value is -1.10. The number of hydrogen-bond donors (Lipinski definition) is 2. The molecule has 2 atom stereocenters. The van der Waals surface area contributed by atoms with Gasteiger partial charge in [-0.3, -0.25) is 9.69 Å². The van der Waals surface area contributed by atoms with Crippen LogP contribution in [-0.2, 0) is 4.79 Å². The summed E-state index contributed by atoms with van der Waals surface area (Å²) in [5.41, 5.74) is 7.23. The van der Waals surface area contributed by atoms with E-state index >= 15 is 0 Å². The second kappa shape index (κ2) is 9.91. The first-order valence-corrected chi connectivity index (χ1v) is 8.46. The Labute approximate surface area is 146 Å². The lowest BCUT2D eigenvalue weighted by molar-refractivity contribution is -0.123. The molecule has 3 N–H and O–H groups in total. The van der Waals surface area contributed by atoms with E-state index in [1.54, 1.807) is 0 Å². The molecular weight excluding hydrogens is 310 g/mol. The maximum atomic E-state index is 12.0. The summed E-state index contributed by atoms with van der Waals surface area (Å²) in [5.74, 6) is 0.0106. The molecule has 1 fully saturated rings. The molecule has 130 valence electrons. The zero-order chi connectivity index (χ0) is 15.9. The number of carbonyl (C=O) groups is 1. The Kier molecular flexibility index (Phi) is 8.59. The second-order valence-corrected chi connectivity index (χ2v) is 6.30. The monoisotopic (exact) mass is 339 g/mol. The lowest BCUT2D eigenvalue weighted by Crippen LogP contribution is -2.49. The molecular formula is C18H30ClN3O. The zero-order valence-electron chi connectivity index (χ0n) is 14.2. The maximum Gasteiger partial charge on any atom is 0.237 e. The second-order valence-electron chi connectivity index (χ2n) is 6.30. The average Bonchev–Trinajstić information content (AvgIpc) is 2.56. The Morgan fingerprint density at radius 2 is 1.91 bits per heavy atom. The number of nitrogens with two attached hydrogens (primary N) is 1. The van der Waals surface area contributed by atoms with Crippen LogP contribution in [0.4, 0.5) is 0 Å². The van der Waals surface area contributed by atoms with E-state index in [0.717, 1.165) is 38.8 Å². The van der Waals surface area contributed by atoms with Crippen molar-refractivity contribution in [2.75, 3.05) is 13.1 Å². The van der Waals surface area contributed by atoms with Gasteiger partial charge in [-0.05, 0) is 31.7 Å². The van der Waals surface area contributed by atoms with Gasteiger partial charge < -0.3 is 11.1 Å². The number of rotatable bonds is 6. The first kappa shape index (κ1) is 19.9. The van der Waals surface area contributed by atoms with Gasteiger partial charge in [-0.25, -0.2) is 0 Å². The fourth-order valence-electron chi connectivity index (χ4n) is 3.12. The van der Waals surface area contributed by atoms with E-state index in [1.165, 1.54) is 5.56 Å². The fourth-order valence-corrected chi connectivity index (χ4v) is 3.12. The molecule has 0 aromatic heterocycles. The Morgan fingerprint density at radius 3 is 2.48 bits per heavy atom. The number of halogens is 1. The van der Waals surface area contributed by atoms with Crippen molar-refractivity contribution in [3.63, 3.8) is 0 Å². The van der Waals surface area contributed by atoms with E-state index in [-0.39, 0.29) is 30.4 Å².